The zero-order chi connectivity index (χ0) is 14.2. The molecule has 0 radical (unpaired) electrons. The number of benzene rings is 1. The number of pyridine rings is 1. The number of aromatic amines is 1. The van der Waals surface area contributed by atoms with Crippen LogP contribution in [0, 0.1) is 0 Å². The zero-order valence-electron chi connectivity index (χ0n) is 11.7. The largest absolute Gasteiger partial charge is 0.345 e. The Labute approximate surface area is 123 Å². The van der Waals surface area contributed by atoms with Gasteiger partial charge < -0.3 is 4.98 Å². The van der Waals surface area contributed by atoms with Crippen molar-refractivity contribution in [1.82, 2.24) is 9.97 Å². The van der Waals surface area contributed by atoms with Gasteiger partial charge in [-0.1, -0.05) is 24.3 Å². The van der Waals surface area contributed by atoms with Gasteiger partial charge >= 0.3 is 0 Å². The van der Waals surface area contributed by atoms with Crippen molar-refractivity contribution in [3.05, 3.63) is 65.5 Å². The van der Waals surface area contributed by atoms with E-state index in [9.17, 15) is 4.79 Å². The second-order valence-corrected chi connectivity index (χ2v) is 5.61. The van der Waals surface area contributed by atoms with E-state index in [-0.39, 0.29) is 11.7 Å². The van der Waals surface area contributed by atoms with E-state index in [1.54, 1.807) is 12.4 Å². The average molecular weight is 276 g/mol. The molecule has 21 heavy (non-hydrogen) atoms. The fourth-order valence-electron chi connectivity index (χ4n) is 3.37. The first-order chi connectivity index (χ1) is 10.3. The average Bonchev–Trinajstić information content (AvgIpc) is 2.98. The van der Waals surface area contributed by atoms with Gasteiger partial charge in [-0.25, -0.2) is 4.98 Å². The predicted molar refractivity (Wildman–Crippen MR) is 82.5 cm³/mol. The minimum Gasteiger partial charge on any atom is -0.345 e. The Morgan fingerprint density at radius 2 is 2.10 bits per heavy atom. The summed E-state index contributed by atoms with van der Waals surface area (Å²) in [6, 6.07) is 12.2. The standard InChI is InChI=1S/C18H16N2O/c21-17(16-11-20-18-15(16)9-4-10-19-18)14-8-3-6-12-5-1-2-7-13(12)14/h1-2,4-5,7,9-11,14H,3,6,8H2,(H,19,20). The molecule has 1 aromatic carbocycles. The zero-order valence-corrected chi connectivity index (χ0v) is 11.7. The maximum absolute atomic E-state index is 13.0. The van der Waals surface area contributed by atoms with Crippen LogP contribution in [0.2, 0.25) is 0 Å². The highest BCUT2D eigenvalue weighted by Crippen LogP contribution is 2.35. The summed E-state index contributed by atoms with van der Waals surface area (Å²) >= 11 is 0. The number of ketones is 1. The van der Waals surface area contributed by atoms with Gasteiger partial charge in [0.15, 0.2) is 5.78 Å². The quantitative estimate of drug-likeness (QED) is 0.722. The predicted octanol–water partition coefficient (Wildman–Crippen LogP) is 3.87. The van der Waals surface area contributed by atoms with Crippen LogP contribution in [0.3, 0.4) is 0 Å². The molecule has 0 saturated carbocycles. The molecule has 4 rings (SSSR count). The number of aromatic nitrogens is 2. The topological polar surface area (TPSA) is 45.8 Å². The van der Waals surface area contributed by atoms with Gasteiger partial charge in [-0.15, -0.1) is 0 Å². The van der Waals surface area contributed by atoms with Crippen molar-refractivity contribution in [2.45, 2.75) is 25.2 Å². The molecule has 1 aliphatic rings. The lowest BCUT2D eigenvalue weighted by Crippen LogP contribution is -2.18. The van der Waals surface area contributed by atoms with Gasteiger partial charge in [-0.3, -0.25) is 4.79 Å². The molecule has 104 valence electrons. The molecular formula is C18H16N2O. The molecule has 2 aromatic heterocycles. The van der Waals surface area contributed by atoms with E-state index in [1.165, 1.54) is 11.1 Å². The van der Waals surface area contributed by atoms with Crippen molar-refractivity contribution in [2.75, 3.05) is 0 Å². The first kappa shape index (κ1) is 12.3. The van der Waals surface area contributed by atoms with Crippen LogP contribution < -0.4 is 0 Å². The second kappa shape index (κ2) is 4.85. The van der Waals surface area contributed by atoms with E-state index in [4.69, 9.17) is 0 Å². The van der Waals surface area contributed by atoms with Gasteiger partial charge in [0.2, 0.25) is 0 Å². The molecule has 0 amide bonds. The highest BCUT2D eigenvalue weighted by atomic mass is 16.1. The van der Waals surface area contributed by atoms with Crippen molar-refractivity contribution in [2.24, 2.45) is 0 Å². The van der Waals surface area contributed by atoms with Crippen molar-refractivity contribution < 1.29 is 4.79 Å². The fourth-order valence-corrected chi connectivity index (χ4v) is 3.37. The number of fused-ring (bicyclic) bond motifs is 2. The summed E-state index contributed by atoms with van der Waals surface area (Å²) in [7, 11) is 0. The molecular weight excluding hydrogens is 260 g/mol. The summed E-state index contributed by atoms with van der Waals surface area (Å²) in [6.45, 7) is 0. The Morgan fingerprint density at radius 3 is 3.05 bits per heavy atom. The molecule has 1 unspecified atom stereocenters. The maximum Gasteiger partial charge on any atom is 0.172 e. The van der Waals surface area contributed by atoms with Crippen LogP contribution >= 0.6 is 0 Å². The van der Waals surface area contributed by atoms with Crippen LogP contribution in [0.1, 0.15) is 40.2 Å². The molecule has 0 bridgehead atoms. The van der Waals surface area contributed by atoms with Crippen molar-refractivity contribution in [1.29, 1.82) is 0 Å². The van der Waals surface area contributed by atoms with E-state index in [0.29, 0.717) is 0 Å². The van der Waals surface area contributed by atoms with E-state index < -0.39 is 0 Å². The number of H-pyrrole nitrogens is 1. The molecule has 2 heterocycles. The highest BCUT2D eigenvalue weighted by Gasteiger charge is 2.28. The number of hydrogen-bond acceptors (Lipinski definition) is 2. The number of carbonyl (C=O) groups is 1. The summed E-state index contributed by atoms with van der Waals surface area (Å²) in [5.74, 6) is 0.190. The van der Waals surface area contributed by atoms with Crippen LogP contribution in [0.15, 0.2) is 48.8 Å². The van der Waals surface area contributed by atoms with Gasteiger partial charge in [0.25, 0.3) is 0 Å². The first-order valence-electron chi connectivity index (χ1n) is 7.39. The second-order valence-electron chi connectivity index (χ2n) is 5.61. The summed E-state index contributed by atoms with van der Waals surface area (Å²) in [5, 5.41) is 0.922. The number of Topliss-reactive ketones (excluding diaryl/α,β-unsaturated/α-hetero) is 1. The molecule has 1 N–H and O–H groups in total. The number of nitrogens with one attached hydrogen (secondary N) is 1. The molecule has 0 fully saturated rings. The third-order valence-corrected chi connectivity index (χ3v) is 4.40. The van der Waals surface area contributed by atoms with Gasteiger partial charge in [-0.05, 0) is 42.5 Å². The van der Waals surface area contributed by atoms with Crippen LogP contribution in [0.5, 0.6) is 0 Å². The van der Waals surface area contributed by atoms with Crippen LogP contribution in [-0.2, 0) is 6.42 Å². The Morgan fingerprint density at radius 1 is 1.19 bits per heavy atom. The maximum atomic E-state index is 13.0. The number of rotatable bonds is 2. The summed E-state index contributed by atoms with van der Waals surface area (Å²) in [5.41, 5.74) is 4.07. The molecule has 0 aliphatic heterocycles. The third-order valence-electron chi connectivity index (χ3n) is 4.40. The Kier molecular flexibility index (Phi) is 2.85. The summed E-state index contributed by atoms with van der Waals surface area (Å²) in [4.78, 5) is 20.4. The van der Waals surface area contributed by atoms with Gasteiger partial charge in [0.05, 0.1) is 0 Å². The number of nitrogens with zero attached hydrogens (tertiary/aromatic N) is 1. The Balaban J connectivity index is 1.79. The normalized spacial score (nSPS) is 17.6. The number of aryl methyl sites for hydroxylation is 1. The Hall–Kier alpha value is -2.42. The third kappa shape index (κ3) is 1.97. The molecule has 3 nitrogen and oxygen atoms in total. The Bertz CT molecular complexity index is 819. The molecule has 0 spiro atoms. The summed E-state index contributed by atoms with van der Waals surface area (Å²) in [6.07, 6.45) is 6.63. The lowest BCUT2D eigenvalue weighted by molar-refractivity contribution is 0.0952. The number of carbonyl (C=O) groups excluding carboxylic acids is 1. The van der Waals surface area contributed by atoms with Gasteiger partial charge in [0, 0.05) is 29.3 Å². The van der Waals surface area contributed by atoms with Crippen molar-refractivity contribution in [3.8, 4) is 0 Å². The minimum absolute atomic E-state index is 0.0193. The van der Waals surface area contributed by atoms with Crippen LogP contribution in [0.4, 0.5) is 0 Å². The molecule has 3 heteroatoms. The fraction of sp³-hybridized carbons (Fsp3) is 0.222. The smallest absolute Gasteiger partial charge is 0.172 e. The lowest BCUT2D eigenvalue weighted by atomic mass is 9.79. The van der Waals surface area contributed by atoms with Gasteiger partial charge in [0.1, 0.15) is 5.65 Å². The van der Waals surface area contributed by atoms with E-state index in [2.05, 4.69) is 28.2 Å². The van der Waals surface area contributed by atoms with E-state index in [0.717, 1.165) is 35.9 Å². The molecule has 3 aromatic rings. The minimum atomic E-state index is -0.0193. The van der Waals surface area contributed by atoms with E-state index in [1.807, 2.05) is 18.2 Å². The van der Waals surface area contributed by atoms with Crippen molar-refractivity contribution in [3.63, 3.8) is 0 Å². The highest BCUT2D eigenvalue weighted by molar-refractivity contribution is 6.10. The van der Waals surface area contributed by atoms with E-state index >= 15 is 0 Å². The van der Waals surface area contributed by atoms with Gasteiger partial charge in [-0.2, -0.15) is 0 Å². The van der Waals surface area contributed by atoms with Crippen molar-refractivity contribution >= 4 is 16.8 Å². The molecule has 0 saturated heterocycles. The SMILES string of the molecule is O=C(c1c[nH]c2ncccc12)C1CCCc2ccccc21. The first-order valence-corrected chi connectivity index (χ1v) is 7.39. The van der Waals surface area contributed by atoms with Crippen LogP contribution in [0.25, 0.3) is 11.0 Å². The summed E-state index contributed by atoms with van der Waals surface area (Å²) < 4.78 is 0. The van der Waals surface area contributed by atoms with Crippen LogP contribution in [-0.4, -0.2) is 15.8 Å². The number of hydrogen-bond donors (Lipinski definition) is 1. The molecule has 1 atom stereocenters. The lowest BCUT2D eigenvalue weighted by Gasteiger charge is -2.24. The monoisotopic (exact) mass is 276 g/mol. The molecule has 1 aliphatic carbocycles.